The second-order valence-electron chi connectivity index (χ2n) is 4.70. The van der Waals surface area contributed by atoms with Crippen LogP contribution in [0.3, 0.4) is 0 Å². The van der Waals surface area contributed by atoms with E-state index < -0.39 is 0 Å². The van der Waals surface area contributed by atoms with E-state index in [-0.39, 0.29) is 6.04 Å². The molecule has 2 heterocycles. The van der Waals surface area contributed by atoms with Crippen LogP contribution in [0.5, 0.6) is 0 Å². The topological polar surface area (TPSA) is 38.1 Å². The molecule has 0 aliphatic rings. The van der Waals surface area contributed by atoms with Gasteiger partial charge in [-0.1, -0.05) is 18.2 Å². The quantitative estimate of drug-likeness (QED) is 0.754. The molecule has 96 valence electrons. The third-order valence-corrected chi connectivity index (χ3v) is 3.15. The van der Waals surface area contributed by atoms with Crippen LogP contribution in [0.1, 0.15) is 24.5 Å². The second kappa shape index (κ2) is 4.76. The maximum Gasteiger partial charge on any atom is 0.127 e. The van der Waals surface area contributed by atoms with Crippen LogP contribution in [0.2, 0.25) is 0 Å². The van der Waals surface area contributed by atoms with Crippen LogP contribution < -0.4 is 5.32 Å². The number of pyridine rings is 1. The highest BCUT2D eigenvalue weighted by atomic mass is 16.3. The Bertz CT molecular complexity index is 703. The third-order valence-electron chi connectivity index (χ3n) is 3.15. The van der Waals surface area contributed by atoms with Gasteiger partial charge in [0.05, 0.1) is 11.6 Å². The molecular formula is C16H16N2O. The lowest BCUT2D eigenvalue weighted by Gasteiger charge is -2.12. The molecule has 1 N–H and O–H groups in total. The molecule has 1 aromatic carbocycles. The van der Waals surface area contributed by atoms with Crippen LogP contribution >= 0.6 is 0 Å². The molecule has 19 heavy (non-hydrogen) atoms. The van der Waals surface area contributed by atoms with Crippen LogP contribution in [0.4, 0.5) is 5.82 Å². The van der Waals surface area contributed by atoms with E-state index in [0.29, 0.717) is 0 Å². The molecule has 3 nitrogen and oxygen atoms in total. The first-order valence-electron chi connectivity index (χ1n) is 6.41. The molecule has 0 bridgehead atoms. The first kappa shape index (κ1) is 11.8. The molecule has 0 saturated heterocycles. The van der Waals surface area contributed by atoms with Crippen LogP contribution in [-0.2, 0) is 0 Å². The van der Waals surface area contributed by atoms with Gasteiger partial charge in [0.2, 0.25) is 0 Å². The molecule has 0 aliphatic heterocycles. The molecule has 0 spiro atoms. The number of nitrogens with zero attached hydrogens (tertiary/aromatic N) is 1. The summed E-state index contributed by atoms with van der Waals surface area (Å²) >= 11 is 0. The van der Waals surface area contributed by atoms with Crippen molar-refractivity contribution in [2.45, 2.75) is 19.9 Å². The van der Waals surface area contributed by atoms with Gasteiger partial charge in [0, 0.05) is 5.39 Å². The van der Waals surface area contributed by atoms with Crippen molar-refractivity contribution in [2.75, 3.05) is 5.32 Å². The van der Waals surface area contributed by atoms with Crippen molar-refractivity contribution in [3.05, 3.63) is 60.1 Å². The molecule has 1 atom stereocenters. The molecule has 0 saturated carbocycles. The number of aromatic nitrogens is 1. The Morgan fingerprint density at radius 1 is 1.05 bits per heavy atom. The molecule has 2 aromatic heterocycles. The monoisotopic (exact) mass is 252 g/mol. The maximum atomic E-state index is 5.61. The minimum absolute atomic E-state index is 0.0994. The van der Waals surface area contributed by atoms with Gasteiger partial charge in [0.15, 0.2) is 0 Å². The first-order valence-corrected chi connectivity index (χ1v) is 6.41. The number of benzene rings is 1. The lowest BCUT2D eigenvalue weighted by molar-refractivity contribution is 0.466. The molecule has 0 aliphatic carbocycles. The van der Waals surface area contributed by atoms with Gasteiger partial charge in [-0.25, -0.2) is 4.98 Å². The summed E-state index contributed by atoms with van der Waals surface area (Å²) in [6.45, 7) is 4.01. The second-order valence-corrected chi connectivity index (χ2v) is 4.70. The lowest BCUT2D eigenvalue weighted by Crippen LogP contribution is -2.06. The number of para-hydroxylation sites is 1. The number of anilines is 1. The van der Waals surface area contributed by atoms with Crippen LogP contribution in [0.25, 0.3) is 10.9 Å². The number of hydrogen-bond acceptors (Lipinski definition) is 3. The molecule has 0 fully saturated rings. The fourth-order valence-corrected chi connectivity index (χ4v) is 2.13. The van der Waals surface area contributed by atoms with Gasteiger partial charge in [-0.15, -0.1) is 0 Å². The summed E-state index contributed by atoms with van der Waals surface area (Å²) in [4.78, 5) is 4.59. The van der Waals surface area contributed by atoms with Crippen LogP contribution in [0.15, 0.2) is 52.9 Å². The molecule has 3 rings (SSSR count). The van der Waals surface area contributed by atoms with Gasteiger partial charge in [0.25, 0.3) is 0 Å². The number of nitrogens with one attached hydrogen (secondary N) is 1. The Balaban J connectivity index is 1.84. The van der Waals surface area contributed by atoms with Crippen molar-refractivity contribution in [3.63, 3.8) is 0 Å². The first-order chi connectivity index (χ1) is 9.22. The van der Waals surface area contributed by atoms with Gasteiger partial charge in [-0.2, -0.15) is 0 Å². The Morgan fingerprint density at radius 2 is 1.89 bits per heavy atom. The summed E-state index contributed by atoms with van der Waals surface area (Å²) in [6, 6.07) is 16.2. The Kier molecular flexibility index (Phi) is 2.95. The maximum absolute atomic E-state index is 5.61. The zero-order chi connectivity index (χ0) is 13.2. The number of rotatable bonds is 3. The predicted molar refractivity (Wildman–Crippen MR) is 77.2 cm³/mol. The van der Waals surface area contributed by atoms with Crippen molar-refractivity contribution in [2.24, 2.45) is 0 Å². The minimum Gasteiger partial charge on any atom is -0.464 e. The van der Waals surface area contributed by atoms with E-state index in [1.54, 1.807) is 0 Å². The normalized spacial score (nSPS) is 12.5. The van der Waals surface area contributed by atoms with E-state index in [9.17, 15) is 0 Å². The Hall–Kier alpha value is -2.29. The predicted octanol–water partition coefficient (Wildman–Crippen LogP) is 4.31. The molecule has 3 heteroatoms. The van der Waals surface area contributed by atoms with E-state index in [1.165, 1.54) is 0 Å². The van der Waals surface area contributed by atoms with E-state index >= 15 is 0 Å². The van der Waals surface area contributed by atoms with E-state index in [2.05, 4.69) is 29.4 Å². The Morgan fingerprint density at radius 3 is 2.68 bits per heavy atom. The van der Waals surface area contributed by atoms with Crippen LogP contribution in [0, 0.1) is 6.92 Å². The largest absolute Gasteiger partial charge is 0.464 e. The molecule has 3 aromatic rings. The van der Waals surface area contributed by atoms with Crippen molar-refractivity contribution in [1.82, 2.24) is 4.98 Å². The van der Waals surface area contributed by atoms with Crippen LogP contribution in [-0.4, -0.2) is 4.98 Å². The highest BCUT2D eigenvalue weighted by Gasteiger charge is 2.09. The molecule has 0 radical (unpaired) electrons. The van der Waals surface area contributed by atoms with E-state index in [1.807, 2.05) is 43.3 Å². The van der Waals surface area contributed by atoms with Gasteiger partial charge < -0.3 is 9.73 Å². The number of furan rings is 1. The zero-order valence-electron chi connectivity index (χ0n) is 11.1. The lowest BCUT2D eigenvalue weighted by atomic mass is 10.2. The molecule has 0 amide bonds. The van der Waals surface area contributed by atoms with Crippen molar-refractivity contribution in [3.8, 4) is 0 Å². The van der Waals surface area contributed by atoms with Gasteiger partial charge in [-0.3, -0.25) is 0 Å². The van der Waals surface area contributed by atoms with Gasteiger partial charge in [-0.05, 0) is 44.2 Å². The van der Waals surface area contributed by atoms with Crippen molar-refractivity contribution in [1.29, 1.82) is 0 Å². The van der Waals surface area contributed by atoms with E-state index in [0.717, 1.165) is 28.2 Å². The van der Waals surface area contributed by atoms with Crippen molar-refractivity contribution >= 4 is 16.7 Å². The summed E-state index contributed by atoms with van der Waals surface area (Å²) in [5.74, 6) is 2.71. The summed E-state index contributed by atoms with van der Waals surface area (Å²) in [5, 5.41) is 4.51. The fourth-order valence-electron chi connectivity index (χ4n) is 2.13. The average molecular weight is 252 g/mol. The summed E-state index contributed by atoms with van der Waals surface area (Å²) in [7, 11) is 0. The third kappa shape index (κ3) is 2.45. The summed E-state index contributed by atoms with van der Waals surface area (Å²) in [5.41, 5.74) is 0.996. The molecular weight excluding hydrogens is 236 g/mol. The number of hydrogen-bond donors (Lipinski definition) is 1. The highest BCUT2D eigenvalue weighted by molar-refractivity contribution is 5.80. The number of aryl methyl sites for hydroxylation is 1. The smallest absolute Gasteiger partial charge is 0.127 e. The fraction of sp³-hybridized carbons (Fsp3) is 0.188. The summed E-state index contributed by atoms with van der Waals surface area (Å²) < 4.78 is 5.61. The highest BCUT2D eigenvalue weighted by Crippen LogP contribution is 2.21. The van der Waals surface area contributed by atoms with E-state index in [4.69, 9.17) is 4.42 Å². The standard InChI is InChI=1S/C16H16N2O/c1-11-7-9-15(19-11)12(2)17-16-10-8-13-5-3-4-6-14(13)18-16/h3-10,12H,1-2H3,(H,17,18). The Labute approximate surface area is 112 Å². The molecule has 1 unspecified atom stereocenters. The minimum atomic E-state index is 0.0994. The zero-order valence-corrected chi connectivity index (χ0v) is 11.1. The van der Waals surface area contributed by atoms with Gasteiger partial charge >= 0.3 is 0 Å². The van der Waals surface area contributed by atoms with Crippen molar-refractivity contribution < 1.29 is 4.42 Å². The van der Waals surface area contributed by atoms with Gasteiger partial charge in [0.1, 0.15) is 17.3 Å². The SMILES string of the molecule is Cc1ccc(C(C)Nc2ccc3ccccc3n2)o1. The number of fused-ring (bicyclic) bond motifs is 1. The summed E-state index contributed by atoms with van der Waals surface area (Å²) in [6.07, 6.45) is 0. The average Bonchev–Trinajstić information content (AvgIpc) is 2.85.